The van der Waals surface area contributed by atoms with Crippen molar-refractivity contribution in [3.05, 3.63) is 40.4 Å². The number of nitrogens with zero attached hydrogens (tertiary/aromatic N) is 3. The van der Waals surface area contributed by atoms with Crippen LogP contribution in [0.25, 0.3) is 0 Å². The van der Waals surface area contributed by atoms with Crippen molar-refractivity contribution in [3.63, 3.8) is 0 Å². The molecule has 28 heavy (non-hydrogen) atoms. The predicted molar refractivity (Wildman–Crippen MR) is 112 cm³/mol. The Morgan fingerprint density at radius 1 is 1.14 bits per heavy atom. The monoisotopic (exact) mass is 382 g/mol. The number of oxazole rings is 1. The van der Waals surface area contributed by atoms with Crippen molar-refractivity contribution < 1.29 is 9.52 Å². The summed E-state index contributed by atoms with van der Waals surface area (Å²) in [4.78, 5) is 4.16. The predicted octanol–water partition coefficient (Wildman–Crippen LogP) is 5.42. The highest BCUT2D eigenvalue weighted by atomic mass is 16.4. The molecule has 0 aliphatic carbocycles. The Bertz CT molecular complexity index is 884. The number of aromatic hydroxyl groups is 1. The number of nitriles is 1. The third-order valence-corrected chi connectivity index (χ3v) is 4.37. The van der Waals surface area contributed by atoms with Gasteiger partial charge in [-0.25, -0.2) is 10.4 Å². The number of benzene rings is 1. The third-order valence-electron chi connectivity index (χ3n) is 4.37. The Kier molecular flexibility index (Phi) is 5.88. The van der Waals surface area contributed by atoms with E-state index >= 15 is 0 Å². The van der Waals surface area contributed by atoms with Gasteiger partial charge in [-0.15, -0.1) is 0 Å². The molecule has 0 unspecified atom stereocenters. The topological polar surface area (TPSA) is 94.4 Å². The maximum absolute atomic E-state index is 10.8. The van der Waals surface area contributed by atoms with Crippen molar-refractivity contribution in [1.82, 2.24) is 4.98 Å². The minimum absolute atomic E-state index is 0.0763. The van der Waals surface area contributed by atoms with Crippen LogP contribution in [0.3, 0.4) is 0 Å². The van der Waals surface area contributed by atoms with E-state index in [4.69, 9.17) is 4.42 Å². The molecular formula is C22H30N4O2. The first kappa shape index (κ1) is 21.5. The van der Waals surface area contributed by atoms with Gasteiger partial charge in [0, 0.05) is 17.0 Å². The first-order valence-corrected chi connectivity index (χ1v) is 9.42. The molecule has 0 saturated carbocycles. The Balaban J connectivity index is 2.40. The zero-order valence-corrected chi connectivity index (χ0v) is 18.0. The average molecular weight is 383 g/mol. The van der Waals surface area contributed by atoms with Gasteiger partial charge < -0.3 is 9.52 Å². The van der Waals surface area contributed by atoms with Crippen LogP contribution in [0.15, 0.2) is 21.7 Å². The minimum atomic E-state index is -0.216. The van der Waals surface area contributed by atoms with Crippen LogP contribution in [0.1, 0.15) is 89.6 Å². The summed E-state index contributed by atoms with van der Waals surface area (Å²) in [6.07, 6.45) is 1.66. The van der Waals surface area contributed by atoms with Crippen molar-refractivity contribution in [3.8, 4) is 11.8 Å². The fourth-order valence-electron chi connectivity index (χ4n) is 2.78. The molecule has 1 aromatic heterocycles. The number of aromatic nitrogens is 1. The molecule has 0 fully saturated rings. The van der Waals surface area contributed by atoms with Crippen LogP contribution in [0.2, 0.25) is 0 Å². The molecule has 0 amide bonds. The first-order valence-electron chi connectivity index (χ1n) is 9.42. The SMILES string of the molecule is CC(C)c1nc(C#N)c(NN=Cc2cc(C(C)(C)C)c(O)c(C(C)(C)C)c2)o1. The molecule has 0 aliphatic heterocycles. The number of hydrazone groups is 1. The smallest absolute Gasteiger partial charge is 0.252 e. The second-order valence-electron chi connectivity index (χ2n) is 9.33. The fourth-order valence-corrected chi connectivity index (χ4v) is 2.78. The van der Waals surface area contributed by atoms with Crippen LogP contribution in [-0.4, -0.2) is 16.3 Å². The van der Waals surface area contributed by atoms with Crippen LogP contribution in [0, 0.1) is 11.3 Å². The number of phenolic OH excluding ortho intramolecular Hbond substituents is 1. The van der Waals surface area contributed by atoms with Gasteiger partial charge in [-0.2, -0.15) is 10.4 Å². The Hall–Kier alpha value is -2.81. The summed E-state index contributed by atoms with van der Waals surface area (Å²) < 4.78 is 5.58. The molecule has 2 N–H and O–H groups in total. The molecule has 6 heteroatoms. The van der Waals surface area contributed by atoms with E-state index in [1.807, 2.05) is 32.0 Å². The van der Waals surface area contributed by atoms with Crippen molar-refractivity contribution in [2.75, 3.05) is 5.43 Å². The molecule has 1 aromatic carbocycles. The maximum atomic E-state index is 10.8. The molecule has 150 valence electrons. The van der Waals surface area contributed by atoms with E-state index in [2.05, 4.69) is 57.1 Å². The Labute approximate surface area is 167 Å². The van der Waals surface area contributed by atoms with Gasteiger partial charge in [0.1, 0.15) is 11.8 Å². The molecule has 2 aromatic rings. The number of nitrogens with one attached hydrogen (secondary N) is 1. The van der Waals surface area contributed by atoms with E-state index in [1.165, 1.54) is 0 Å². The molecule has 2 rings (SSSR count). The highest BCUT2D eigenvalue weighted by Crippen LogP contribution is 2.39. The summed E-state index contributed by atoms with van der Waals surface area (Å²) in [6, 6.07) is 5.87. The summed E-state index contributed by atoms with van der Waals surface area (Å²) in [7, 11) is 0. The first-order chi connectivity index (χ1) is 12.8. The van der Waals surface area contributed by atoms with Gasteiger partial charge in [0.2, 0.25) is 11.6 Å². The second-order valence-corrected chi connectivity index (χ2v) is 9.33. The minimum Gasteiger partial charge on any atom is -0.507 e. The van der Waals surface area contributed by atoms with E-state index in [0.29, 0.717) is 11.6 Å². The Morgan fingerprint density at radius 2 is 1.68 bits per heavy atom. The van der Waals surface area contributed by atoms with E-state index in [-0.39, 0.29) is 28.3 Å². The van der Waals surface area contributed by atoms with E-state index in [1.54, 1.807) is 6.21 Å². The van der Waals surface area contributed by atoms with Crippen molar-refractivity contribution in [1.29, 1.82) is 5.26 Å². The number of rotatable bonds is 4. The molecule has 0 atom stereocenters. The van der Waals surface area contributed by atoms with Crippen LogP contribution in [0.5, 0.6) is 5.75 Å². The summed E-state index contributed by atoms with van der Waals surface area (Å²) in [6.45, 7) is 16.3. The molecule has 6 nitrogen and oxygen atoms in total. The standard InChI is InChI=1S/C22H30N4O2/c1-13(2)19-25-17(11-23)20(28-19)26-24-12-14-9-15(21(3,4)5)18(27)16(10-14)22(6,7)8/h9-10,12-13,26-27H,1-8H3. The third kappa shape index (κ3) is 4.72. The van der Waals surface area contributed by atoms with Crippen LogP contribution in [-0.2, 0) is 10.8 Å². The quantitative estimate of drug-likeness (QED) is 0.544. The zero-order chi connectivity index (χ0) is 21.3. The average Bonchev–Trinajstić information content (AvgIpc) is 2.97. The summed E-state index contributed by atoms with van der Waals surface area (Å²) >= 11 is 0. The highest BCUT2D eigenvalue weighted by molar-refractivity contribution is 5.82. The molecule has 0 aliphatic rings. The van der Waals surface area contributed by atoms with E-state index < -0.39 is 0 Å². The van der Waals surface area contributed by atoms with Gasteiger partial charge >= 0.3 is 0 Å². The summed E-state index contributed by atoms with van der Waals surface area (Å²) in [5, 5.41) is 24.2. The van der Waals surface area contributed by atoms with Gasteiger partial charge in [-0.05, 0) is 28.5 Å². The lowest BCUT2D eigenvalue weighted by atomic mass is 9.78. The number of hydrogen-bond donors (Lipinski definition) is 2. The largest absolute Gasteiger partial charge is 0.507 e. The summed E-state index contributed by atoms with van der Waals surface area (Å²) in [5.41, 5.74) is 5.09. The lowest BCUT2D eigenvalue weighted by Gasteiger charge is -2.27. The van der Waals surface area contributed by atoms with E-state index in [9.17, 15) is 10.4 Å². The van der Waals surface area contributed by atoms with Crippen molar-refractivity contribution >= 4 is 12.1 Å². The fraction of sp³-hybridized carbons (Fsp3) is 0.500. The molecule has 1 heterocycles. The lowest BCUT2D eigenvalue weighted by molar-refractivity contribution is 0.423. The number of hydrogen-bond acceptors (Lipinski definition) is 6. The summed E-state index contributed by atoms with van der Waals surface area (Å²) in [5.74, 6) is 1.12. The normalized spacial score (nSPS) is 12.6. The van der Waals surface area contributed by atoms with Crippen molar-refractivity contribution in [2.45, 2.75) is 72.1 Å². The highest BCUT2D eigenvalue weighted by Gasteiger charge is 2.26. The molecular weight excluding hydrogens is 352 g/mol. The number of anilines is 1. The molecule has 0 saturated heterocycles. The van der Waals surface area contributed by atoms with Gasteiger partial charge in [-0.3, -0.25) is 0 Å². The van der Waals surface area contributed by atoms with Crippen LogP contribution in [0.4, 0.5) is 5.88 Å². The molecule has 0 radical (unpaired) electrons. The van der Waals surface area contributed by atoms with Crippen molar-refractivity contribution in [2.24, 2.45) is 5.10 Å². The van der Waals surface area contributed by atoms with Gasteiger partial charge in [0.15, 0.2) is 0 Å². The molecule has 0 bridgehead atoms. The van der Waals surface area contributed by atoms with Gasteiger partial charge in [-0.1, -0.05) is 55.4 Å². The van der Waals surface area contributed by atoms with E-state index in [0.717, 1.165) is 16.7 Å². The lowest BCUT2D eigenvalue weighted by Crippen LogP contribution is -2.17. The van der Waals surface area contributed by atoms with Gasteiger partial charge in [0.05, 0.1) is 6.21 Å². The number of phenols is 1. The zero-order valence-electron chi connectivity index (χ0n) is 18.0. The van der Waals surface area contributed by atoms with Crippen LogP contribution < -0.4 is 5.43 Å². The van der Waals surface area contributed by atoms with Gasteiger partial charge in [0.25, 0.3) is 5.88 Å². The molecule has 0 spiro atoms. The second kappa shape index (κ2) is 7.67. The van der Waals surface area contributed by atoms with Crippen LogP contribution >= 0.6 is 0 Å². The Morgan fingerprint density at radius 3 is 2.11 bits per heavy atom. The maximum Gasteiger partial charge on any atom is 0.252 e.